The Morgan fingerprint density at radius 1 is 1.06 bits per heavy atom. The predicted molar refractivity (Wildman–Crippen MR) is 64.6 cm³/mol. The molecule has 17 heavy (non-hydrogen) atoms. The summed E-state index contributed by atoms with van der Waals surface area (Å²) in [7, 11) is 0. The number of amides is 1. The number of hydrogen-bond acceptors (Lipinski definition) is 2. The molecule has 0 spiro atoms. The number of hydrogen-bond donors (Lipinski definition) is 2. The van der Waals surface area contributed by atoms with Gasteiger partial charge in [-0.2, -0.15) is 0 Å². The Morgan fingerprint density at radius 3 is 2.41 bits per heavy atom. The second kappa shape index (κ2) is 4.65. The lowest BCUT2D eigenvalue weighted by Crippen LogP contribution is -2.10. The maximum Gasteiger partial charge on any atom is 0.248 e. The van der Waals surface area contributed by atoms with Gasteiger partial charge < -0.3 is 11.1 Å². The summed E-state index contributed by atoms with van der Waals surface area (Å²) in [4.78, 5) is 11.0. The highest BCUT2D eigenvalue weighted by atomic mass is 19.1. The zero-order valence-electron chi connectivity index (χ0n) is 8.98. The Morgan fingerprint density at radius 2 is 1.76 bits per heavy atom. The highest BCUT2D eigenvalue weighted by Gasteiger charge is 2.01. The van der Waals surface area contributed by atoms with Crippen LogP contribution >= 0.6 is 0 Å². The molecule has 0 saturated heterocycles. The summed E-state index contributed by atoms with van der Waals surface area (Å²) in [5.41, 5.74) is 7.08. The smallest absolute Gasteiger partial charge is 0.248 e. The molecule has 3 nitrogen and oxygen atoms in total. The van der Waals surface area contributed by atoms with Crippen molar-refractivity contribution >= 4 is 17.3 Å². The van der Waals surface area contributed by atoms with Crippen molar-refractivity contribution in [3.63, 3.8) is 0 Å². The average molecular weight is 230 g/mol. The van der Waals surface area contributed by atoms with Crippen LogP contribution in [-0.4, -0.2) is 5.91 Å². The summed E-state index contributed by atoms with van der Waals surface area (Å²) in [5, 5.41) is 3.05. The molecule has 0 aliphatic carbocycles. The number of carbonyl (C=O) groups excluding carboxylic acids is 1. The maximum absolute atomic E-state index is 12.7. The third-order valence-electron chi connectivity index (χ3n) is 2.28. The molecular weight excluding hydrogens is 219 g/mol. The molecule has 0 aromatic heterocycles. The lowest BCUT2D eigenvalue weighted by Gasteiger charge is -2.07. The second-order valence-electron chi connectivity index (χ2n) is 3.58. The quantitative estimate of drug-likeness (QED) is 0.851. The highest BCUT2D eigenvalue weighted by Crippen LogP contribution is 2.17. The summed E-state index contributed by atoms with van der Waals surface area (Å²) in [6, 6.07) is 12.8. The molecule has 2 aromatic carbocycles. The monoisotopic (exact) mass is 230 g/mol. The summed E-state index contributed by atoms with van der Waals surface area (Å²) < 4.78 is 12.7. The van der Waals surface area contributed by atoms with Gasteiger partial charge in [-0.15, -0.1) is 0 Å². The number of rotatable bonds is 3. The van der Waals surface area contributed by atoms with Crippen LogP contribution in [0.3, 0.4) is 0 Å². The predicted octanol–water partition coefficient (Wildman–Crippen LogP) is 2.67. The van der Waals surface area contributed by atoms with Crippen molar-refractivity contribution in [3.05, 3.63) is 59.9 Å². The fourth-order valence-corrected chi connectivity index (χ4v) is 1.45. The van der Waals surface area contributed by atoms with Crippen molar-refractivity contribution in [3.8, 4) is 0 Å². The summed E-state index contributed by atoms with van der Waals surface area (Å²) in [5.74, 6) is -0.769. The van der Waals surface area contributed by atoms with Crippen molar-refractivity contribution < 1.29 is 9.18 Å². The minimum absolute atomic E-state index is 0.290. The minimum atomic E-state index is -0.479. The van der Waals surface area contributed by atoms with Crippen molar-refractivity contribution in [1.29, 1.82) is 0 Å². The number of carbonyl (C=O) groups is 1. The second-order valence-corrected chi connectivity index (χ2v) is 3.58. The van der Waals surface area contributed by atoms with Gasteiger partial charge in [-0.05, 0) is 42.5 Å². The van der Waals surface area contributed by atoms with E-state index in [9.17, 15) is 9.18 Å². The molecule has 0 heterocycles. The molecule has 0 fully saturated rings. The van der Waals surface area contributed by atoms with Gasteiger partial charge in [0.1, 0.15) is 5.82 Å². The van der Waals surface area contributed by atoms with Gasteiger partial charge >= 0.3 is 0 Å². The topological polar surface area (TPSA) is 55.1 Å². The first-order valence-corrected chi connectivity index (χ1v) is 5.07. The zero-order valence-corrected chi connectivity index (χ0v) is 8.98. The molecule has 86 valence electrons. The molecule has 1 amide bonds. The first-order chi connectivity index (χ1) is 8.15. The van der Waals surface area contributed by atoms with Gasteiger partial charge in [-0.25, -0.2) is 4.39 Å². The third kappa shape index (κ3) is 2.81. The fourth-order valence-electron chi connectivity index (χ4n) is 1.45. The Hall–Kier alpha value is -2.36. The van der Waals surface area contributed by atoms with Crippen LogP contribution in [0.25, 0.3) is 0 Å². The molecule has 0 saturated carbocycles. The van der Waals surface area contributed by atoms with E-state index < -0.39 is 5.91 Å². The van der Waals surface area contributed by atoms with Gasteiger partial charge in [-0.3, -0.25) is 4.79 Å². The molecule has 0 aliphatic heterocycles. The van der Waals surface area contributed by atoms with Crippen LogP contribution in [0.5, 0.6) is 0 Å². The summed E-state index contributed by atoms with van der Waals surface area (Å²) >= 11 is 0. The standard InChI is InChI=1S/C13H11FN2O/c14-10-4-6-11(7-5-10)16-12-3-1-2-9(8-12)13(15)17/h1-8,16H,(H2,15,17). The molecule has 3 N–H and O–H groups in total. The van der Waals surface area contributed by atoms with Crippen LogP contribution in [0.2, 0.25) is 0 Å². The molecule has 2 aromatic rings. The molecule has 4 heteroatoms. The van der Waals surface area contributed by atoms with Gasteiger partial charge in [-0.1, -0.05) is 6.07 Å². The molecule has 2 rings (SSSR count). The number of primary amides is 1. The number of nitrogens with one attached hydrogen (secondary N) is 1. The number of anilines is 2. The van der Waals surface area contributed by atoms with E-state index in [-0.39, 0.29) is 5.82 Å². The molecule has 0 atom stereocenters. The number of nitrogens with two attached hydrogens (primary N) is 1. The third-order valence-corrected chi connectivity index (χ3v) is 2.28. The van der Waals surface area contributed by atoms with E-state index in [1.807, 2.05) is 0 Å². The first-order valence-electron chi connectivity index (χ1n) is 5.07. The number of halogens is 1. The van der Waals surface area contributed by atoms with Crippen molar-refractivity contribution in [1.82, 2.24) is 0 Å². The Bertz CT molecular complexity index is 537. The van der Waals surface area contributed by atoms with E-state index >= 15 is 0 Å². The lowest BCUT2D eigenvalue weighted by atomic mass is 10.2. The zero-order chi connectivity index (χ0) is 12.3. The van der Waals surface area contributed by atoms with Crippen LogP contribution in [0.4, 0.5) is 15.8 Å². The van der Waals surface area contributed by atoms with Gasteiger partial charge in [0.05, 0.1) is 0 Å². The van der Waals surface area contributed by atoms with E-state index in [1.165, 1.54) is 12.1 Å². The van der Waals surface area contributed by atoms with E-state index in [0.29, 0.717) is 5.56 Å². The van der Waals surface area contributed by atoms with Gasteiger partial charge in [0.25, 0.3) is 0 Å². The molecule has 0 bridgehead atoms. The van der Waals surface area contributed by atoms with Gasteiger partial charge in [0, 0.05) is 16.9 Å². The first kappa shape index (κ1) is 11.1. The van der Waals surface area contributed by atoms with Gasteiger partial charge in [0.15, 0.2) is 0 Å². The largest absolute Gasteiger partial charge is 0.366 e. The molecule has 0 unspecified atom stereocenters. The maximum atomic E-state index is 12.7. The lowest BCUT2D eigenvalue weighted by molar-refractivity contribution is 0.100. The van der Waals surface area contributed by atoms with Crippen molar-refractivity contribution in [2.75, 3.05) is 5.32 Å². The van der Waals surface area contributed by atoms with Crippen LogP contribution in [0.15, 0.2) is 48.5 Å². The Balaban J connectivity index is 2.21. The highest BCUT2D eigenvalue weighted by molar-refractivity contribution is 5.93. The normalized spacial score (nSPS) is 9.94. The Labute approximate surface area is 98.1 Å². The minimum Gasteiger partial charge on any atom is -0.366 e. The van der Waals surface area contributed by atoms with Crippen molar-refractivity contribution in [2.24, 2.45) is 5.73 Å². The van der Waals surface area contributed by atoms with E-state index in [1.54, 1.807) is 36.4 Å². The van der Waals surface area contributed by atoms with Crippen LogP contribution in [0, 0.1) is 5.82 Å². The SMILES string of the molecule is NC(=O)c1cccc(Nc2ccc(F)cc2)c1. The summed E-state index contributed by atoms with van der Waals surface area (Å²) in [6.45, 7) is 0. The fraction of sp³-hybridized carbons (Fsp3) is 0. The Kier molecular flexibility index (Phi) is 3.05. The number of benzene rings is 2. The van der Waals surface area contributed by atoms with E-state index in [0.717, 1.165) is 11.4 Å². The van der Waals surface area contributed by atoms with E-state index in [2.05, 4.69) is 5.32 Å². The van der Waals surface area contributed by atoms with Crippen LogP contribution < -0.4 is 11.1 Å². The average Bonchev–Trinajstić information content (AvgIpc) is 2.32. The molecule has 0 aliphatic rings. The van der Waals surface area contributed by atoms with Crippen molar-refractivity contribution in [2.45, 2.75) is 0 Å². The molecule has 0 radical (unpaired) electrons. The van der Waals surface area contributed by atoms with Crippen LogP contribution in [-0.2, 0) is 0 Å². The molecular formula is C13H11FN2O. The summed E-state index contributed by atoms with van der Waals surface area (Å²) in [6.07, 6.45) is 0. The van der Waals surface area contributed by atoms with Crippen LogP contribution in [0.1, 0.15) is 10.4 Å². The van der Waals surface area contributed by atoms with E-state index in [4.69, 9.17) is 5.73 Å². The van der Waals surface area contributed by atoms with Gasteiger partial charge in [0.2, 0.25) is 5.91 Å².